The third-order valence-electron chi connectivity index (χ3n) is 6.54. The summed E-state index contributed by atoms with van der Waals surface area (Å²) >= 11 is 14.9. The number of anilines is 1. The first-order chi connectivity index (χ1) is 16.2. The van der Waals surface area contributed by atoms with E-state index in [9.17, 15) is 13.2 Å². The number of piperidine rings is 1. The fourth-order valence-corrected chi connectivity index (χ4v) is 8.84. The number of hydrogen-bond donors (Lipinski definition) is 0. The maximum Gasteiger partial charge on any atom is 0.252 e. The summed E-state index contributed by atoms with van der Waals surface area (Å²) in [7, 11) is -3.55. The number of halogens is 2. The quantitative estimate of drug-likeness (QED) is 0.463. The van der Waals surface area contributed by atoms with Crippen LogP contribution in [0.4, 0.5) is 5.13 Å². The molecule has 182 valence electrons. The average molecular weight is 560 g/mol. The number of thiazole rings is 1. The predicted molar refractivity (Wildman–Crippen MR) is 139 cm³/mol. The Balaban J connectivity index is 1.17. The summed E-state index contributed by atoms with van der Waals surface area (Å²) in [6.07, 6.45) is 1.07. The number of benzene rings is 1. The average Bonchev–Trinajstić information content (AvgIpc) is 3.48. The molecule has 1 amide bonds. The molecule has 0 saturated carbocycles. The van der Waals surface area contributed by atoms with E-state index in [-0.39, 0.29) is 16.0 Å². The van der Waals surface area contributed by atoms with Crippen LogP contribution < -0.4 is 4.90 Å². The maximum absolute atomic E-state index is 13.1. The van der Waals surface area contributed by atoms with Crippen molar-refractivity contribution in [2.45, 2.75) is 24.0 Å². The van der Waals surface area contributed by atoms with Gasteiger partial charge in [-0.2, -0.15) is 4.31 Å². The SMILES string of the molecule is Cc1c(Cl)ccc2sc(N3CCN(C(=O)C4CCN(S(=O)(=O)c5ccc(Cl)s5)CC4)CC3)nc12. The monoisotopic (exact) mass is 558 g/mol. The molecule has 2 saturated heterocycles. The molecule has 2 aliphatic rings. The number of aromatic nitrogens is 1. The van der Waals surface area contributed by atoms with Gasteiger partial charge in [-0.3, -0.25) is 4.79 Å². The van der Waals surface area contributed by atoms with Gasteiger partial charge in [-0.1, -0.05) is 34.5 Å². The van der Waals surface area contributed by atoms with Crippen LogP contribution in [0.25, 0.3) is 10.2 Å². The van der Waals surface area contributed by atoms with Crippen molar-refractivity contribution in [2.24, 2.45) is 5.92 Å². The number of hydrogen-bond acceptors (Lipinski definition) is 7. The summed E-state index contributed by atoms with van der Waals surface area (Å²) < 4.78 is 28.9. The molecule has 0 aliphatic carbocycles. The molecule has 5 rings (SSSR count). The van der Waals surface area contributed by atoms with Crippen molar-refractivity contribution in [2.75, 3.05) is 44.2 Å². The van der Waals surface area contributed by atoms with Crippen molar-refractivity contribution in [1.29, 1.82) is 0 Å². The highest BCUT2D eigenvalue weighted by Gasteiger charge is 2.35. The van der Waals surface area contributed by atoms with Crippen LogP contribution in [0.2, 0.25) is 9.36 Å². The molecule has 2 aliphatic heterocycles. The Kier molecular flexibility index (Phi) is 6.82. The molecule has 0 N–H and O–H groups in total. The minimum Gasteiger partial charge on any atom is -0.345 e. The fraction of sp³-hybridized carbons (Fsp3) is 0.455. The molecule has 4 heterocycles. The molecule has 0 bridgehead atoms. The Morgan fingerprint density at radius 2 is 1.71 bits per heavy atom. The minimum absolute atomic E-state index is 0.128. The second kappa shape index (κ2) is 9.55. The van der Waals surface area contributed by atoms with E-state index >= 15 is 0 Å². The second-order valence-electron chi connectivity index (χ2n) is 8.56. The Hall–Kier alpha value is -1.43. The Labute approximate surface area is 216 Å². The predicted octanol–water partition coefficient (Wildman–Crippen LogP) is 4.72. The number of aryl methyl sites for hydroxylation is 1. The molecule has 3 aromatic rings. The second-order valence-corrected chi connectivity index (χ2v) is 13.9. The Morgan fingerprint density at radius 3 is 2.35 bits per heavy atom. The molecule has 34 heavy (non-hydrogen) atoms. The first-order valence-corrected chi connectivity index (χ1v) is 14.9. The van der Waals surface area contributed by atoms with Crippen molar-refractivity contribution in [3.63, 3.8) is 0 Å². The highest BCUT2D eigenvalue weighted by atomic mass is 35.5. The third kappa shape index (κ3) is 4.56. The van der Waals surface area contributed by atoms with Crippen LogP contribution in [0.15, 0.2) is 28.5 Å². The summed E-state index contributed by atoms with van der Waals surface area (Å²) in [6, 6.07) is 7.05. The Bertz CT molecular complexity index is 1320. The third-order valence-corrected chi connectivity index (χ3v) is 11.6. The van der Waals surface area contributed by atoms with Gasteiger partial charge in [0, 0.05) is 50.2 Å². The smallest absolute Gasteiger partial charge is 0.252 e. The number of rotatable bonds is 4. The molecule has 12 heteroatoms. The van der Waals surface area contributed by atoms with Crippen molar-refractivity contribution in [3.8, 4) is 0 Å². The first-order valence-electron chi connectivity index (χ1n) is 11.1. The lowest BCUT2D eigenvalue weighted by molar-refractivity contribution is -0.137. The lowest BCUT2D eigenvalue weighted by Gasteiger charge is -2.38. The van der Waals surface area contributed by atoms with E-state index < -0.39 is 10.0 Å². The lowest BCUT2D eigenvalue weighted by atomic mass is 9.96. The zero-order valence-electron chi connectivity index (χ0n) is 18.5. The largest absolute Gasteiger partial charge is 0.345 e. The fourth-order valence-electron chi connectivity index (χ4n) is 4.51. The van der Waals surface area contributed by atoms with Gasteiger partial charge in [-0.05, 0) is 49.6 Å². The van der Waals surface area contributed by atoms with Crippen LogP contribution in [-0.4, -0.2) is 67.8 Å². The molecule has 1 aromatic carbocycles. The van der Waals surface area contributed by atoms with Gasteiger partial charge in [0.15, 0.2) is 5.13 Å². The van der Waals surface area contributed by atoms with Gasteiger partial charge >= 0.3 is 0 Å². The Morgan fingerprint density at radius 1 is 1.00 bits per heavy atom. The van der Waals surface area contributed by atoms with Crippen molar-refractivity contribution in [1.82, 2.24) is 14.2 Å². The van der Waals surface area contributed by atoms with Gasteiger partial charge in [0.1, 0.15) is 4.21 Å². The topological polar surface area (TPSA) is 73.8 Å². The van der Waals surface area contributed by atoms with Gasteiger partial charge in [0.25, 0.3) is 10.0 Å². The zero-order valence-corrected chi connectivity index (χ0v) is 22.5. The van der Waals surface area contributed by atoms with Gasteiger partial charge in [-0.25, -0.2) is 13.4 Å². The molecule has 0 unspecified atom stereocenters. The number of piperazine rings is 1. The van der Waals surface area contributed by atoms with E-state index in [0.717, 1.165) is 50.4 Å². The number of nitrogens with zero attached hydrogens (tertiary/aromatic N) is 4. The molecule has 2 fully saturated rings. The summed E-state index contributed by atoms with van der Waals surface area (Å²) in [5.41, 5.74) is 1.93. The van der Waals surface area contributed by atoms with Crippen LogP contribution in [0.5, 0.6) is 0 Å². The van der Waals surface area contributed by atoms with Crippen LogP contribution >= 0.6 is 45.9 Å². The van der Waals surface area contributed by atoms with E-state index in [2.05, 4.69) is 4.90 Å². The summed E-state index contributed by atoms with van der Waals surface area (Å²) in [5.74, 6) is -0.0139. The van der Waals surface area contributed by atoms with Crippen molar-refractivity contribution >= 4 is 77.2 Å². The first kappa shape index (κ1) is 24.3. The number of carbonyl (C=O) groups excluding carboxylic acids is 1. The van der Waals surface area contributed by atoms with E-state index in [4.69, 9.17) is 28.2 Å². The van der Waals surface area contributed by atoms with Gasteiger partial charge < -0.3 is 9.80 Å². The zero-order chi connectivity index (χ0) is 24.0. The summed E-state index contributed by atoms with van der Waals surface area (Å²) in [5, 5.41) is 1.68. The lowest BCUT2D eigenvalue weighted by Crippen LogP contribution is -2.52. The van der Waals surface area contributed by atoms with E-state index in [1.807, 2.05) is 24.0 Å². The van der Waals surface area contributed by atoms with Crippen molar-refractivity contribution in [3.05, 3.63) is 39.2 Å². The standard InChI is InChI=1S/C22H24Cl2N4O3S3/c1-14-16(23)2-3-17-20(14)25-22(32-17)27-12-10-26(11-13-27)21(29)15-6-8-28(9-7-15)34(30,31)19-5-4-18(24)33-19/h2-5,15H,6-13H2,1H3. The van der Waals surface area contributed by atoms with E-state index in [1.165, 1.54) is 4.31 Å². The number of thiophene rings is 1. The molecular weight excluding hydrogens is 535 g/mol. The summed E-state index contributed by atoms with van der Waals surface area (Å²) in [6.45, 7) is 5.41. The summed E-state index contributed by atoms with van der Waals surface area (Å²) in [4.78, 5) is 22.1. The number of sulfonamides is 1. The number of amides is 1. The van der Waals surface area contributed by atoms with Gasteiger partial charge in [0.05, 0.1) is 14.6 Å². The number of carbonyl (C=O) groups is 1. The molecule has 0 spiro atoms. The molecule has 0 radical (unpaired) electrons. The van der Waals surface area contributed by atoms with E-state index in [0.29, 0.717) is 43.4 Å². The van der Waals surface area contributed by atoms with Crippen LogP contribution in [0, 0.1) is 12.8 Å². The number of fused-ring (bicyclic) bond motifs is 1. The van der Waals surface area contributed by atoms with Crippen LogP contribution in [0.3, 0.4) is 0 Å². The normalized spacial score (nSPS) is 18.7. The molecular formula is C22H24Cl2N4O3S3. The van der Waals surface area contributed by atoms with Gasteiger partial charge in [0.2, 0.25) is 5.91 Å². The molecule has 7 nitrogen and oxygen atoms in total. The minimum atomic E-state index is -3.55. The van der Waals surface area contributed by atoms with Crippen molar-refractivity contribution < 1.29 is 13.2 Å². The van der Waals surface area contributed by atoms with Crippen LogP contribution in [0.1, 0.15) is 18.4 Å². The highest BCUT2D eigenvalue weighted by Crippen LogP contribution is 2.34. The van der Waals surface area contributed by atoms with Crippen LogP contribution in [-0.2, 0) is 14.8 Å². The van der Waals surface area contributed by atoms with Gasteiger partial charge in [-0.15, -0.1) is 11.3 Å². The maximum atomic E-state index is 13.1. The molecule has 2 aromatic heterocycles. The highest BCUT2D eigenvalue weighted by molar-refractivity contribution is 7.91. The van der Waals surface area contributed by atoms with E-state index in [1.54, 1.807) is 23.5 Å². The molecule has 0 atom stereocenters.